The lowest BCUT2D eigenvalue weighted by Crippen LogP contribution is -2.48. The molecule has 0 N–H and O–H groups in total. The molecule has 0 spiro atoms. The predicted octanol–water partition coefficient (Wildman–Crippen LogP) is 2.72. The average Bonchev–Trinajstić information content (AvgIpc) is 2.18. The molecule has 1 unspecified atom stereocenters. The number of hydrogen-bond donors (Lipinski definition) is 0. The van der Waals surface area contributed by atoms with Gasteiger partial charge in [-0.2, -0.15) is 0 Å². The number of alkyl halides is 1. The number of carbonyl (C=O) groups is 1. The summed E-state index contributed by atoms with van der Waals surface area (Å²) in [5.74, 6) is 0.479. The Morgan fingerprint density at radius 2 is 2.00 bits per heavy atom. The topological polar surface area (TPSA) is 35.5 Å². The Balaban J connectivity index is 2.70. The molecule has 0 bridgehead atoms. The van der Waals surface area contributed by atoms with Crippen LogP contribution in [-0.2, 0) is 14.3 Å². The van der Waals surface area contributed by atoms with Crippen molar-refractivity contribution in [3.05, 3.63) is 0 Å². The highest BCUT2D eigenvalue weighted by atomic mass is 79.9. The van der Waals surface area contributed by atoms with Crippen LogP contribution in [0.25, 0.3) is 0 Å². The monoisotopic (exact) mass is 278 g/mol. The van der Waals surface area contributed by atoms with Crippen LogP contribution in [0.4, 0.5) is 0 Å². The second-order valence-corrected chi connectivity index (χ2v) is 5.13. The largest absolute Gasteiger partial charge is 0.459 e. The van der Waals surface area contributed by atoms with Crippen molar-refractivity contribution >= 4 is 21.9 Å². The molecule has 0 saturated carbocycles. The molecule has 88 valence electrons. The third-order valence-electron chi connectivity index (χ3n) is 3.20. The van der Waals surface area contributed by atoms with Crippen molar-refractivity contribution in [2.24, 2.45) is 11.8 Å². The van der Waals surface area contributed by atoms with Crippen LogP contribution in [0, 0.1) is 11.8 Å². The zero-order valence-electron chi connectivity index (χ0n) is 9.70. The molecule has 4 heteroatoms. The maximum Gasteiger partial charge on any atom is 0.303 e. The van der Waals surface area contributed by atoms with Crippen molar-refractivity contribution in [3.63, 3.8) is 0 Å². The molecule has 0 aromatic rings. The molecule has 1 saturated heterocycles. The van der Waals surface area contributed by atoms with Crippen LogP contribution in [0.3, 0.4) is 0 Å². The van der Waals surface area contributed by atoms with Gasteiger partial charge in [0.15, 0.2) is 0 Å². The molecule has 1 heterocycles. The van der Waals surface area contributed by atoms with Crippen LogP contribution < -0.4 is 0 Å². The van der Waals surface area contributed by atoms with Gasteiger partial charge in [-0.1, -0.05) is 36.7 Å². The van der Waals surface area contributed by atoms with Crippen molar-refractivity contribution in [2.45, 2.75) is 51.3 Å². The van der Waals surface area contributed by atoms with Gasteiger partial charge in [0.05, 0.1) is 6.10 Å². The van der Waals surface area contributed by atoms with E-state index in [1.807, 2.05) is 0 Å². The van der Waals surface area contributed by atoms with E-state index in [9.17, 15) is 4.79 Å². The number of ether oxygens (including phenoxy) is 2. The minimum atomic E-state index is -0.248. The smallest absolute Gasteiger partial charge is 0.303 e. The zero-order chi connectivity index (χ0) is 11.6. The predicted molar refractivity (Wildman–Crippen MR) is 61.8 cm³/mol. The quantitative estimate of drug-likeness (QED) is 0.576. The van der Waals surface area contributed by atoms with Crippen LogP contribution >= 0.6 is 15.9 Å². The SMILES string of the molecule is CC[C@H]1OC(Br)[C@H](OC(C)=O)[C@@H](C)[C@H]1C. The van der Waals surface area contributed by atoms with Crippen LogP contribution in [-0.4, -0.2) is 23.2 Å². The van der Waals surface area contributed by atoms with Crippen molar-refractivity contribution in [1.82, 2.24) is 0 Å². The summed E-state index contributed by atoms with van der Waals surface area (Å²) in [7, 11) is 0. The fourth-order valence-electron chi connectivity index (χ4n) is 2.07. The van der Waals surface area contributed by atoms with E-state index in [1.165, 1.54) is 6.92 Å². The molecule has 0 radical (unpaired) electrons. The van der Waals surface area contributed by atoms with Gasteiger partial charge < -0.3 is 9.47 Å². The maximum atomic E-state index is 11.0. The number of carbonyl (C=O) groups excluding carboxylic acids is 1. The van der Waals surface area contributed by atoms with E-state index in [2.05, 4.69) is 36.7 Å². The van der Waals surface area contributed by atoms with E-state index in [4.69, 9.17) is 9.47 Å². The summed E-state index contributed by atoms with van der Waals surface area (Å²) >= 11 is 3.43. The molecule has 15 heavy (non-hydrogen) atoms. The van der Waals surface area contributed by atoms with Crippen LogP contribution in [0.2, 0.25) is 0 Å². The minimum Gasteiger partial charge on any atom is -0.459 e. The van der Waals surface area contributed by atoms with E-state index in [-0.39, 0.29) is 23.2 Å². The highest BCUT2D eigenvalue weighted by Crippen LogP contribution is 2.36. The van der Waals surface area contributed by atoms with Gasteiger partial charge in [-0.05, 0) is 12.3 Å². The Kier molecular flexibility index (Phi) is 4.59. The molecule has 1 aliphatic rings. The second kappa shape index (κ2) is 5.30. The minimum absolute atomic E-state index is 0.180. The van der Waals surface area contributed by atoms with Crippen LogP contribution in [0.5, 0.6) is 0 Å². The first kappa shape index (κ1) is 13.0. The number of halogens is 1. The molecule has 5 atom stereocenters. The standard InChI is InChI=1S/C11H19BrO3/c1-5-9-6(2)7(3)10(11(12)15-9)14-8(4)13/h6-7,9-11H,5H2,1-4H3/t6-,7+,9-,10-,11?/m1/s1. The van der Waals surface area contributed by atoms with E-state index < -0.39 is 0 Å². The molecule has 3 nitrogen and oxygen atoms in total. The maximum absolute atomic E-state index is 11.0. The summed E-state index contributed by atoms with van der Waals surface area (Å²) in [6.07, 6.45) is 1.05. The van der Waals surface area contributed by atoms with Crippen molar-refractivity contribution < 1.29 is 14.3 Å². The molecule has 0 aromatic heterocycles. The number of esters is 1. The Bertz CT molecular complexity index is 232. The summed E-state index contributed by atoms with van der Waals surface area (Å²) < 4.78 is 11.0. The normalized spacial score (nSPS) is 41.3. The fraction of sp³-hybridized carbons (Fsp3) is 0.909. The lowest BCUT2D eigenvalue weighted by Gasteiger charge is -2.41. The van der Waals surface area contributed by atoms with Gasteiger partial charge in [0, 0.05) is 12.8 Å². The lowest BCUT2D eigenvalue weighted by atomic mass is 9.83. The summed E-state index contributed by atoms with van der Waals surface area (Å²) in [5.41, 5.74) is 0. The first-order valence-electron chi connectivity index (χ1n) is 5.44. The van der Waals surface area contributed by atoms with Gasteiger partial charge in [0.2, 0.25) is 0 Å². The number of hydrogen-bond acceptors (Lipinski definition) is 3. The third-order valence-corrected chi connectivity index (χ3v) is 3.94. The average molecular weight is 279 g/mol. The van der Waals surface area contributed by atoms with Gasteiger partial charge in [-0.15, -0.1) is 0 Å². The van der Waals surface area contributed by atoms with Crippen molar-refractivity contribution in [1.29, 1.82) is 0 Å². The van der Waals surface area contributed by atoms with Gasteiger partial charge in [0.25, 0.3) is 0 Å². The van der Waals surface area contributed by atoms with Gasteiger partial charge in [0.1, 0.15) is 11.1 Å². The van der Waals surface area contributed by atoms with Gasteiger partial charge >= 0.3 is 5.97 Å². The molecule has 0 amide bonds. The molecule has 1 rings (SSSR count). The molecule has 0 aliphatic carbocycles. The van der Waals surface area contributed by atoms with E-state index in [1.54, 1.807) is 0 Å². The van der Waals surface area contributed by atoms with Crippen LogP contribution in [0.15, 0.2) is 0 Å². The summed E-state index contributed by atoms with van der Waals surface area (Å²) in [4.78, 5) is 11.0. The summed E-state index contributed by atoms with van der Waals surface area (Å²) in [6, 6.07) is 0. The highest BCUT2D eigenvalue weighted by molar-refractivity contribution is 9.09. The van der Waals surface area contributed by atoms with E-state index in [0.717, 1.165) is 6.42 Å². The summed E-state index contributed by atoms with van der Waals surface area (Å²) in [6.45, 7) is 7.80. The lowest BCUT2D eigenvalue weighted by molar-refractivity contribution is -0.175. The van der Waals surface area contributed by atoms with E-state index in [0.29, 0.717) is 11.8 Å². The van der Waals surface area contributed by atoms with Crippen molar-refractivity contribution in [3.8, 4) is 0 Å². The first-order valence-corrected chi connectivity index (χ1v) is 6.35. The van der Waals surface area contributed by atoms with E-state index >= 15 is 0 Å². The second-order valence-electron chi connectivity index (χ2n) is 4.23. The fourth-order valence-corrected chi connectivity index (χ4v) is 2.93. The zero-order valence-corrected chi connectivity index (χ0v) is 11.3. The Morgan fingerprint density at radius 3 is 2.47 bits per heavy atom. The van der Waals surface area contributed by atoms with Gasteiger partial charge in [-0.3, -0.25) is 4.79 Å². The third kappa shape index (κ3) is 2.94. The molecular formula is C11H19BrO3. The number of rotatable bonds is 2. The molecule has 1 aliphatic heterocycles. The van der Waals surface area contributed by atoms with Crippen LogP contribution in [0.1, 0.15) is 34.1 Å². The first-order chi connectivity index (χ1) is 6.97. The highest BCUT2D eigenvalue weighted by Gasteiger charge is 2.41. The Hall–Kier alpha value is -0.0900. The Labute approximate surface area is 99.6 Å². The molecule has 1 fully saturated rings. The van der Waals surface area contributed by atoms with Gasteiger partial charge in [-0.25, -0.2) is 0 Å². The Morgan fingerprint density at radius 1 is 1.40 bits per heavy atom. The molecular weight excluding hydrogens is 260 g/mol. The molecule has 0 aromatic carbocycles. The van der Waals surface area contributed by atoms with Crippen molar-refractivity contribution in [2.75, 3.05) is 0 Å². The summed E-state index contributed by atoms with van der Waals surface area (Å²) in [5, 5.41) is -0.183.